The van der Waals surface area contributed by atoms with E-state index in [4.69, 9.17) is 11.6 Å². The average molecular weight is 334 g/mol. The number of halogens is 1. The predicted octanol–water partition coefficient (Wildman–Crippen LogP) is 1.88. The summed E-state index contributed by atoms with van der Waals surface area (Å²) in [7, 11) is -2.87. The van der Waals surface area contributed by atoms with Gasteiger partial charge in [0.2, 0.25) is 5.91 Å². The number of hydrogen-bond donors (Lipinski definition) is 1. The number of carbonyl (C=O) groups is 1. The minimum Gasteiger partial charge on any atom is -0.351 e. The van der Waals surface area contributed by atoms with Crippen molar-refractivity contribution in [1.82, 2.24) is 5.32 Å². The van der Waals surface area contributed by atoms with Crippen LogP contribution >= 0.6 is 23.4 Å². The van der Waals surface area contributed by atoms with Crippen LogP contribution in [0.15, 0.2) is 24.3 Å². The molecule has 1 N–H and O–H groups in total. The third kappa shape index (κ3) is 5.00. The average Bonchev–Trinajstić information content (AvgIpc) is 2.74. The largest absolute Gasteiger partial charge is 0.351 e. The molecule has 1 aromatic carbocycles. The molecule has 110 valence electrons. The highest BCUT2D eigenvalue weighted by atomic mass is 35.5. The van der Waals surface area contributed by atoms with Gasteiger partial charge < -0.3 is 5.32 Å². The van der Waals surface area contributed by atoms with E-state index >= 15 is 0 Å². The van der Waals surface area contributed by atoms with Gasteiger partial charge in [-0.25, -0.2) is 8.42 Å². The van der Waals surface area contributed by atoms with E-state index < -0.39 is 9.84 Å². The highest BCUT2D eigenvalue weighted by Crippen LogP contribution is 2.23. The van der Waals surface area contributed by atoms with Crippen molar-refractivity contribution in [2.45, 2.75) is 18.2 Å². The van der Waals surface area contributed by atoms with Crippen molar-refractivity contribution >= 4 is 39.1 Å². The molecule has 1 aliphatic rings. The number of rotatable bonds is 5. The summed E-state index contributed by atoms with van der Waals surface area (Å²) in [6, 6.07) is 7.31. The molecule has 7 heteroatoms. The van der Waals surface area contributed by atoms with E-state index in [0.29, 0.717) is 23.7 Å². The Hall–Kier alpha value is -0.720. The van der Waals surface area contributed by atoms with Crippen LogP contribution in [0, 0.1) is 0 Å². The predicted molar refractivity (Wildman–Crippen MR) is 82.8 cm³/mol. The smallest absolute Gasteiger partial charge is 0.230 e. The number of nitrogens with one attached hydrogen (secondary N) is 1. The van der Waals surface area contributed by atoms with Gasteiger partial charge in [-0.15, -0.1) is 11.8 Å². The molecule has 0 aliphatic carbocycles. The lowest BCUT2D eigenvalue weighted by atomic mass is 10.2. The lowest BCUT2D eigenvalue weighted by Crippen LogP contribution is -2.25. The summed E-state index contributed by atoms with van der Waals surface area (Å²) in [5.74, 6) is 0.647. The van der Waals surface area contributed by atoms with Crippen LogP contribution in [0.1, 0.15) is 12.0 Å². The molecule has 0 unspecified atom stereocenters. The first-order valence-electron chi connectivity index (χ1n) is 6.28. The molecule has 1 fully saturated rings. The Morgan fingerprint density at radius 3 is 2.90 bits per heavy atom. The Kier molecular flexibility index (Phi) is 5.35. The maximum atomic E-state index is 11.7. The lowest BCUT2D eigenvalue weighted by Gasteiger charge is -2.08. The number of carbonyl (C=O) groups excluding carboxylic acids is 1. The van der Waals surface area contributed by atoms with Crippen LogP contribution in [0.3, 0.4) is 0 Å². The van der Waals surface area contributed by atoms with Crippen molar-refractivity contribution in [1.29, 1.82) is 0 Å². The van der Waals surface area contributed by atoms with E-state index in [1.54, 1.807) is 12.1 Å². The first-order chi connectivity index (χ1) is 9.44. The summed E-state index contributed by atoms with van der Waals surface area (Å²) in [5, 5.41) is 3.50. The van der Waals surface area contributed by atoms with Crippen LogP contribution in [0.5, 0.6) is 0 Å². The highest BCUT2D eigenvalue weighted by molar-refractivity contribution is 8.02. The Morgan fingerprint density at radius 1 is 1.45 bits per heavy atom. The Balaban J connectivity index is 1.71. The van der Waals surface area contributed by atoms with Gasteiger partial charge in [-0.3, -0.25) is 4.79 Å². The van der Waals surface area contributed by atoms with E-state index in [9.17, 15) is 13.2 Å². The standard InChI is InChI=1S/C13H16ClNO3S2/c14-11-3-1-2-10(6-11)7-15-13(16)8-19-12-4-5-20(17,18)9-12/h1-3,6,12H,4-5,7-9H2,(H,15,16)/t12-/m0/s1. The highest BCUT2D eigenvalue weighted by Gasteiger charge is 2.28. The zero-order chi connectivity index (χ0) is 14.6. The van der Waals surface area contributed by atoms with Crippen molar-refractivity contribution in [3.63, 3.8) is 0 Å². The molecule has 20 heavy (non-hydrogen) atoms. The first-order valence-corrected chi connectivity index (χ1v) is 9.52. The third-order valence-corrected chi connectivity index (χ3v) is 6.54. The van der Waals surface area contributed by atoms with E-state index in [-0.39, 0.29) is 22.7 Å². The van der Waals surface area contributed by atoms with E-state index in [1.165, 1.54) is 11.8 Å². The van der Waals surface area contributed by atoms with Crippen LogP contribution in [0.4, 0.5) is 0 Å². The summed E-state index contributed by atoms with van der Waals surface area (Å²) in [6.07, 6.45) is 0.647. The third-order valence-electron chi connectivity index (χ3n) is 3.02. The monoisotopic (exact) mass is 333 g/mol. The van der Waals surface area contributed by atoms with Crippen molar-refractivity contribution in [3.8, 4) is 0 Å². The first kappa shape index (κ1) is 15.7. The molecule has 1 heterocycles. The van der Waals surface area contributed by atoms with Crippen LogP contribution in [-0.4, -0.2) is 36.8 Å². The molecule has 1 aliphatic heterocycles. The molecule has 2 rings (SSSR count). The van der Waals surface area contributed by atoms with Crippen molar-refractivity contribution in [2.75, 3.05) is 17.3 Å². The Morgan fingerprint density at radius 2 is 2.25 bits per heavy atom. The van der Waals surface area contributed by atoms with Crippen LogP contribution < -0.4 is 5.32 Å². The summed E-state index contributed by atoms with van der Waals surface area (Å²) in [4.78, 5) is 11.7. The van der Waals surface area contributed by atoms with Crippen LogP contribution in [0.25, 0.3) is 0 Å². The lowest BCUT2D eigenvalue weighted by molar-refractivity contribution is -0.118. The molecular formula is C13H16ClNO3S2. The van der Waals surface area contributed by atoms with Gasteiger partial charge in [0.05, 0.1) is 17.3 Å². The minimum absolute atomic E-state index is 0.0527. The quantitative estimate of drug-likeness (QED) is 0.893. The normalized spacial score (nSPS) is 20.8. The number of amides is 1. The Bertz CT molecular complexity index is 589. The Labute approximate surface area is 128 Å². The number of sulfone groups is 1. The molecule has 0 saturated carbocycles. The number of thioether (sulfide) groups is 1. The van der Waals surface area contributed by atoms with Crippen molar-refractivity contribution < 1.29 is 13.2 Å². The molecule has 0 aromatic heterocycles. The molecule has 0 radical (unpaired) electrons. The summed E-state index contributed by atoms with van der Waals surface area (Å²) in [5.41, 5.74) is 0.944. The summed E-state index contributed by atoms with van der Waals surface area (Å²) >= 11 is 7.28. The van der Waals surface area contributed by atoms with Gasteiger partial charge >= 0.3 is 0 Å². The summed E-state index contributed by atoms with van der Waals surface area (Å²) < 4.78 is 22.6. The zero-order valence-corrected chi connectivity index (χ0v) is 13.2. The van der Waals surface area contributed by atoms with Gasteiger partial charge in [0.25, 0.3) is 0 Å². The molecule has 1 amide bonds. The molecule has 0 spiro atoms. The molecule has 1 atom stereocenters. The topological polar surface area (TPSA) is 63.2 Å². The molecule has 1 saturated heterocycles. The minimum atomic E-state index is -2.87. The van der Waals surface area contributed by atoms with E-state index in [0.717, 1.165) is 5.56 Å². The van der Waals surface area contributed by atoms with Gasteiger partial charge in [-0.2, -0.15) is 0 Å². The van der Waals surface area contributed by atoms with E-state index in [2.05, 4.69) is 5.32 Å². The second-order valence-electron chi connectivity index (χ2n) is 4.74. The fraction of sp³-hybridized carbons (Fsp3) is 0.462. The van der Waals surface area contributed by atoms with Gasteiger partial charge in [-0.05, 0) is 24.1 Å². The number of hydrogen-bond acceptors (Lipinski definition) is 4. The van der Waals surface area contributed by atoms with E-state index in [1.807, 2.05) is 12.1 Å². The van der Waals surface area contributed by atoms with Crippen molar-refractivity contribution in [3.05, 3.63) is 34.9 Å². The molecular weight excluding hydrogens is 318 g/mol. The van der Waals surface area contributed by atoms with Crippen LogP contribution in [-0.2, 0) is 21.2 Å². The van der Waals surface area contributed by atoms with Crippen molar-refractivity contribution in [2.24, 2.45) is 0 Å². The molecule has 4 nitrogen and oxygen atoms in total. The fourth-order valence-corrected chi connectivity index (χ4v) is 5.67. The maximum Gasteiger partial charge on any atom is 0.230 e. The zero-order valence-electron chi connectivity index (χ0n) is 10.8. The van der Waals surface area contributed by atoms with Crippen LogP contribution in [0.2, 0.25) is 5.02 Å². The second-order valence-corrected chi connectivity index (χ2v) is 8.70. The molecule has 0 bridgehead atoms. The molecule has 1 aromatic rings. The maximum absolute atomic E-state index is 11.7. The van der Waals surface area contributed by atoms with Gasteiger partial charge in [0, 0.05) is 16.8 Å². The van der Waals surface area contributed by atoms with Gasteiger partial charge in [0.1, 0.15) is 0 Å². The fourth-order valence-electron chi connectivity index (χ4n) is 1.98. The second kappa shape index (κ2) is 6.83. The number of benzene rings is 1. The summed E-state index contributed by atoms with van der Waals surface area (Å²) in [6.45, 7) is 0.433. The SMILES string of the molecule is O=C(CS[C@H]1CCS(=O)(=O)C1)NCc1cccc(Cl)c1. The van der Waals surface area contributed by atoms with Gasteiger partial charge in [0.15, 0.2) is 9.84 Å². The van der Waals surface area contributed by atoms with Gasteiger partial charge in [-0.1, -0.05) is 23.7 Å².